The molecule has 0 spiro atoms. The van der Waals surface area contributed by atoms with E-state index < -0.39 is 0 Å². The fourth-order valence-electron chi connectivity index (χ4n) is 1.75. The quantitative estimate of drug-likeness (QED) is 0.773. The van der Waals surface area contributed by atoms with Gasteiger partial charge in [0.2, 0.25) is 0 Å². The van der Waals surface area contributed by atoms with Crippen molar-refractivity contribution in [1.29, 1.82) is 0 Å². The van der Waals surface area contributed by atoms with Crippen LogP contribution in [0.15, 0.2) is 18.3 Å². The third kappa shape index (κ3) is 4.00. The van der Waals surface area contributed by atoms with E-state index >= 15 is 0 Å². The van der Waals surface area contributed by atoms with Gasteiger partial charge in [-0.2, -0.15) is 0 Å². The lowest BCUT2D eigenvalue weighted by Gasteiger charge is -2.26. The molecule has 0 fully saturated rings. The maximum Gasteiger partial charge on any atom is 0.255 e. The Morgan fingerprint density at radius 3 is 2.53 bits per heavy atom. The van der Waals surface area contributed by atoms with Crippen molar-refractivity contribution in [3.05, 3.63) is 29.0 Å². The van der Waals surface area contributed by atoms with Crippen LogP contribution in [0.2, 0.25) is 5.15 Å². The van der Waals surface area contributed by atoms with Crippen molar-refractivity contribution in [1.82, 2.24) is 9.88 Å². The van der Waals surface area contributed by atoms with Crippen LogP contribution in [0.5, 0.6) is 0 Å². The standard InChI is InChI=1S/C13H19ClN2O/c1-9(2)7-10(3)16(4)13(17)11-5-6-12(14)15-8-11/h5-6,8-10H,7H2,1-4H3. The summed E-state index contributed by atoms with van der Waals surface area (Å²) in [7, 11) is 1.82. The number of carbonyl (C=O) groups excluding carboxylic acids is 1. The number of aromatic nitrogens is 1. The molecule has 0 saturated carbocycles. The van der Waals surface area contributed by atoms with Crippen LogP contribution in [-0.4, -0.2) is 28.9 Å². The smallest absolute Gasteiger partial charge is 0.255 e. The Balaban J connectivity index is 2.72. The van der Waals surface area contributed by atoms with E-state index in [9.17, 15) is 4.79 Å². The molecule has 3 nitrogen and oxygen atoms in total. The number of pyridine rings is 1. The maximum atomic E-state index is 12.1. The van der Waals surface area contributed by atoms with Crippen LogP contribution in [-0.2, 0) is 0 Å². The molecule has 0 aliphatic carbocycles. The zero-order valence-corrected chi connectivity index (χ0v) is 11.5. The summed E-state index contributed by atoms with van der Waals surface area (Å²) in [5.41, 5.74) is 0.576. The molecule has 1 unspecified atom stereocenters. The molecule has 0 aliphatic rings. The number of nitrogens with zero attached hydrogens (tertiary/aromatic N) is 2. The molecule has 0 bridgehead atoms. The highest BCUT2D eigenvalue weighted by molar-refractivity contribution is 6.29. The maximum absolute atomic E-state index is 12.1. The molecule has 1 aromatic heterocycles. The van der Waals surface area contributed by atoms with Crippen molar-refractivity contribution >= 4 is 17.5 Å². The Hall–Kier alpha value is -1.09. The number of carbonyl (C=O) groups is 1. The lowest BCUT2D eigenvalue weighted by Crippen LogP contribution is -2.35. The highest BCUT2D eigenvalue weighted by Gasteiger charge is 2.18. The second-order valence-electron chi connectivity index (χ2n) is 4.76. The molecule has 1 aromatic rings. The molecule has 17 heavy (non-hydrogen) atoms. The van der Waals surface area contributed by atoms with Crippen molar-refractivity contribution < 1.29 is 4.79 Å². The zero-order chi connectivity index (χ0) is 13.0. The highest BCUT2D eigenvalue weighted by Crippen LogP contribution is 2.13. The van der Waals surface area contributed by atoms with Gasteiger partial charge in [0.25, 0.3) is 5.91 Å². The molecule has 0 aromatic carbocycles. The predicted molar refractivity (Wildman–Crippen MR) is 70.3 cm³/mol. The molecule has 0 aliphatic heterocycles. The molecule has 0 radical (unpaired) electrons. The van der Waals surface area contributed by atoms with Crippen molar-refractivity contribution in [3.63, 3.8) is 0 Å². The minimum atomic E-state index is -0.0117. The van der Waals surface area contributed by atoms with Gasteiger partial charge in [0, 0.05) is 19.3 Å². The summed E-state index contributed by atoms with van der Waals surface area (Å²) in [4.78, 5) is 17.8. The Morgan fingerprint density at radius 1 is 1.41 bits per heavy atom. The number of halogens is 1. The number of hydrogen-bond donors (Lipinski definition) is 0. The van der Waals surface area contributed by atoms with Gasteiger partial charge in [-0.25, -0.2) is 4.98 Å². The average Bonchev–Trinajstić information content (AvgIpc) is 2.27. The lowest BCUT2D eigenvalue weighted by atomic mass is 10.0. The van der Waals surface area contributed by atoms with Crippen molar-refractivity contribution in [3.8, 4) is 0 Å². The van der Waals surface area contributed by atoms with Crippen LogP contribution in [0.1, 0.15) is 37.6 Å². The number of rotatable bonds is 4. The molecular weight excluding hydrogens is 236 g/mol. The van der Waals surface area contributed by atoms with E-state index in [0.29, 0.717) is 16.6 Å². The predicted octanol–water partition coefficient (Wildman–Crippen LogP) is 3.24. The van der Waals surface area contributed by atoms with Crippen LogP contribution in [0, 0.1) is 5.92 Å². The van der Waals surface area contributed by atoms with Crippen molar-refractivity contribution in [2.45, 2.75) is 33.2 Å². The summed E-state index contributed by atoms with van der Waals surface area (Å²) >= 11 is 5.69. The van der Waals surface area contributed by atoms with E-state index in [0.717, 1.165) is 6.42 Å². The summed E-state index contributed by atoms with van der Waals surface area (Å²) in [5, 5.41) is 0.402. The van der Waals surface area contributed by atoms with Gasteiger partial charge in [0.15, 0.2) is 0 Å². The van der Waals surface area contributed by atoms with E-state index in [-0.39, 0.29) is 11.9 Å². The molecule has 1 rings (SSSR count). The van der Waals surface area contributed by atoms with Crippen LogP contribution in [0.4, 0.5) is 0 Å². The van der Waals surface area contributed by atoms with Gasteiger partial charge in [0.1, 0.15) is 5.15 Å². The average molecular weight is 255 g/mol. The molecule has 1 amide bonds. The molecule has 4 heteroatoms. The van der Waals surface area contributed by atoms with Gasteiger partial charge < -0.3 is 4.90 Å². The monoisotopic (exact) mass is 254 g/mol. The van der Waals surface area contributed by atoms with Crippen LogP contribution < -0.4 is 0 Å². The third-order valence-electron chi connectivity index (χ3n) is 2.77. The second kappa shape index (κ2) is 6.01. The first kappa shape index (κ1) is 14.0. The van der Waals surface area contributed by atoms with E-state index in [1.165, 1.54) is 6.20 Å². The first-order chi connectivity index (χ1) is 7.91. The fourth-order valence-corrected chi connectivity index (χ4v) is 1.86. The largest absolute Gasteiger partial charge is 0.339 e. The normalized spacial score (nSPS) is 12.6. The van der Waals surface area contributed by atoms with Crippen LogP contribution >= 0.6 is 11.6 Å². The molecular formula is C13H19ClN2O. The lowest BCUT2D eigenvalue weighted by molar-refractivity contribution is 0.0728. The Kier molecular flexibility index (Phi) is 4.94. The van der Waals surface area contributed by atoms with E-state index in [2.05, 4.69) is 25.8 Å². The summed E-state index contributed by atoms with van der Waals surface area (Å²) in [5.74, 6) is 0.561. The summed E-state index contributed by atoms with van der Waals surface area (Å²) in [6.45, 7) is 6.36. The van der Waals surface area contributed by atoms with E-state index in [1.807, 2.05) is 7.05 Å². The second-order valence-corrected chi connectivity index (χ2v) is 5.15. The zero-order valence-electron chi connectivity index (χ0n) is 10.8. The van der Waals surface area contributed by atoms with Gasteiger partial charge in [-0.05, 0) is 31.4 Å². The summed E-state index contributed by atoms with van der Waals surface area (Å²) in [6.07, 6.45) is 2.51. The first-order valence-corrected chi connectivity index (χ1v) is 6.18. The fraction of sp³-hybridized carbons (Fsp3) is 0.538. The summed E-state index contributed by atoms with van der Waals surface area (Å²) in [6, 6.07) is 3.56. The SMILES string of the molecule is CC(C)CC(C)N(C)C(=O)c1ccc(Cl)nc1. The van der Waals surface area contributed by atoms with Crippen LogP contribution in [0.3, 0.4) is 0 Å². The van der Waals surface area contributed by atoms with Crippen molar-refractivity contribution in [2.75, 3.05) is 7.05 Å². The van der Waals surface area contributed by atoms with Gasteiger partial charge >= 0.3 is 0 Å². The number of amides is 1. The van der Waals surface area contributed by atoms with Crippen molar-refractivity contribution in [2.24, 2.45) is 5.92 Å². The van der Waals surface area contributed by atoms with Gasteiger partial charge in [0.05, 0.1) is 5.56 Å². The van der Waals surface area contributed by atoms with E-state index in [1.54, 1.807) is 17.0 Å². The summed E-state index contributed by atoms with van der Waals surface area (Å²) < 4.78 is 0. The Morgan fingerprint density at radius 2 is 2.06 bits per heavy atom. The molecule has 1 heterocycles. The first-order valence-electron chi connectivity index (χ1n) is 5.80. The van der Waals surface area contributed by atoms with Gasteiger partial charge in [-0.3, -0.25) is 4.79 Å². The topological polar surface area (TPSA) is 33.2 Å². The highest BCUT2D eigenvalue weighted by atomic mass is 35.5. The van der Waals surface area contributed by atoms with Gasteiger partial charge in [-0.15, -0.1) is 0 Å². The van der Waals surface area contributed by atoms with Gasteiger partial charge in [-0.1, -0.05) is 25.4 Å². The molecule has 94 valence electrons. The molecule has 1 atom stereocenters. The Bertz CT molecular complexity index is 376. The minimum absolute atomic E-state index is 0.0117. The number of hydrogen-bond acceptors (Lipinski definition) is 2. The Labute approximate surface area is 108 Å². The van der Waals surface area contributed by atoms with E-state index in [4.69, 9.17) is 11.6 Å². The minimum Gasteiger partial charge on any atom is -0.339 e. The molecule has 0 saturated heterocycles. The molecule has 0 N–H and O–H groups in total. The van der Waals surface area contributed by atoms with Crippen LogP contribution in [0.25, 0.3) is 0 Å². The third-order valence-corrected chi connectivity index (χ3v) is 2.99.